The number of hydrogen-bond donors (Lipinski definition) is 0. The highest BCUT2D eigenvalue weighted by Crippen LogP contribution is 2.38. The number of nitrogens with zero attached hydrogens (tertiary/aromatic N) is 3. The van der Waals surface area contributed by atoms with E-state index in [1.54, 1.807) is 0 Å². The van der Waals surface area contributed by atoms with Gasteiger partial charge >= 0.3 is 0 Å². The second kappa shape index (κ2) is 6.39. The summed E-state index contributed by atoms with van der Waals surface area (Å²) in [5.74, 6) is 1.39. The van der Waals surface area contributed by atoms with Crippen LogP contribution in [0.2, 0.25) is 0 Å². The summed E-state index contributed by atoms with van der Waals surface area (Å²) in [4.78, 5) is 11.5. The molecular weight excluding hydrogens is 342 g/mol. The first kappa shape index (κ1) is 18.1. The van der Waals surface area contributed by atoms with Gasteiger partial charge in [-0.2, -0.15) is 4.57 Å². The van der Waals surface area contributed by atoms with Gasteiger partial charge in [-0.15, -0.1) is 5.06 Å². The van der Waals surface area contributed by atoms with Gasteiger partial charge in [-0.05, 0) is 59.1 Å². The summed E-state index contributed by atoms with van der Waals surface area (Å²) in [6, 6.07) is 7.77. The van der Waals surface area contributed by atoms with Crippen LogP contribution in [-0.4, -0.2) is 20.7 Å². The molecule has 1 saturated heterocycles. The predicted octanol–water partition coefficient (Wildman–Crippen LogP) is 4.32. The molecule has 1 aliphatic rings. The van der Waals surface area contributed by atoms with Gasteiger partial charge in [0.15, 0.2) is 5.75 Å². The Morgan fingerprint density at radius 3 is 2.48 bits per heavy atom. The van der Waals surface area contributed by atoms with Crippen LogP contribution in [0.1, 0.15) is 47.0 Å². The lowest BCUT2D eigenvalue weighted by Crippen LogP contribution is -2.58. The van der Waals surface area contributed by atoms with Crippen molar-refractivity contribution in [2.45, 2.75) is 58.0 Å². The van der Waals surface area contributed by atoms with E-state index in [2.05, 4.69) is 27.7 Å². The number of furan rings is 1. The molecule has 0 bridgehead atoms. The smallest absolute Gasteiger partial charge is 0.294 e. The fourth-order valence-electron chi connectivity index (χ4n) is 4.02. The second-order valence-corrected chi connectivity index (χ2v) is 8.70. The van der Waals surface area contributed by atoms with Gasteiger partial charge in [0.1, 0.15) is 18.0 Å². The zero-order valence-electron chi connectivity index (χ0n) is 16.7. The van der Waals surface area contributed by atoms with Crippen LogP contribution in [0, 0.1) is 0 Å². The van der Waals surface area contributed by atoms with E-state index in [4.69, 9.17) is 14.3 Å². The van der Waals surface area contributed by atoms with Gasteiger partial charge in [-0.25, -0.2) is 4.57 Å². The molecule has 0 N–H and O–H groups in total. The summed E-state index contributed by atoms with van der Waals surface area (Å²) in [5, 5.41) is 3.01. The summed E-state index contributed by atoms with van der Waals surface area (Å²) in [7, 11) is 1.98. The van der Waals surface area contributed by atoms with Crippen molar-refractivity contribution >= 4 is 11.0 Å². The normalized spacial score (nSPS) is 19.4. The lowest BCUT2D eigenvalue weighted by Gasteiger charge is -2.49. The second-order valence-electron chi connectivity index (χ2n) is 8.70. The Labute approximate surface area is 159 Å². The average molecular weight is 370 g/mol. The van der Waals surface area contributed by atoms with E-state index in [1.165, 1.54) is 6.42 Å². The number of imidazole rings is 1. The topological polar surface area (TPSA) is 43.6 Å². The Hall–Kier alpha value is -2.31. The number of hydrogen-bond acceptors (Lipinski definition) is 4. The van der Waals surface area contributed by atoms with Crippen molar-refractivity contribution in [3.8, 4) is 11.6 Å². The first-order valence-corrected chi connectivity index (χ1v) is 9.47. The van der Waals surface area contributed by atoms with Gasteiger partial charge in [0.05, 0.1) is 7.05 Å². The van der Waals surface area contributed by atoms with E-state index in [0.717, 1.165) is 29.7 Å². The number of rotatable bonds is 4. The van der Waals surface area contributed by atoms with Gasteiger partial charge in [-0.3, -0.25) is 0 Å². The SMILES string of the molecule is C[n+]1ccn(-c2cc3ccc(OON4C(C)(C)CCCC4(C)C)cc3o2)c1. The molecule has 27 heavy (non-hydrogen) atoms. The fraction of sp³-hybridized carbons (Fsp3) is 0.476. The molecule has 0 atom stereocenters. The van der Waals surface area contributed by atoms with Gasteiger partial charge in [0.25, 0.3) is 12.2 Å². The Morgan fingerprint density at radius 2 is 1.81 bits per heavy atom. The van der Waals surface area contributed by atoms with E-state index in [-0.39, 0.29) is 11.1 Å². The number of fused-ring (bicyclic) bond motifs is 1. The number of benzene rings is 1. The fourth-order valence-corrected chi connectivity index (χ4v) is 4.02. The maximum atomic E-state index is 5.98. The molecule has 0 aliphatic carbocycles. The van der Waals surface area contributed by atoms with E-state index in [9.17, 15) is 0 Å². The first-order chi connectivity index (χ1) is 12.7. The molecule has 0 unspecified atom stereocenters. The third-order valence-electron chi connectivity index (χ3n) is 5.39. The Morgan fingerprint density at radius 1 is 1.07 bits per heavy atom. The molecule has 2 aromatic heterocycles. The molecule has 6 nitrogen and oxygen atoms in total. The van der Waals surface area contributed by atoms with E-state index in [1.807, 2.05) is 64.2 Å². The lowest BCUT2D eigenvalue weighted by molar-refractivity contribution is -0.670. The Kier molecular flexibility index (Phi) is 4.28. The molecule has 3 aromatic rings. The zero-order valence-corrected chi connectivity index (χ0v) is 16.7. The van der Waals surface area contributed by atoms with Crippen molar-refractivity contribution in [1.29, 1.82) is 0 Å². The summed E-state index contributed by atoms with van der Waals surface area (Å²) >= 11 is 0. The Bertz CT molecular complexity index is 939. The number of piperidine rings is 1. The van der Waals surface area contributed by atoms with Crippen molar-refractivity contribution in [2.75, 3.05) is 0 Å². The summed E-state index contributed by atoms with van der Waals surface area (Å²) in [5.41, 5.74) is 0.612. The van der Waals surface area contributed by atoms with Gasteiger partial charge in [0.2, 0.25) is 0 Å². The van der Waals surface area contributed by atoms with Crippen LogP contribution in [0.15, 0.2) is 47.4 Å². The molecule has 1 aliphatic heterocycles. The quantitative estimate of drug-likeness (QED) is 0.390. The van der Waals surface area contributed by atoms with Crippen LogP contribution >= 0.6 is 0 Å². The maximum absolute atomic E-state index is 5.98. The molecule has 0 spiro atoms. The zero-order chi connectivity index (χ0) is 19.2. The maximum Gasteiger partial charge on any atom is 0.294 e. The van der Waals surface area contributed by atoms with Gasteiger partial charge in [0, 0.05) is 28.6 Å². The van der Waals surface area contributed by atoms with Crippen molar-refractivity contribution in [1.82, 2.24) is 9.63 Å². The summed E-state index contributed by atoms with van der Waals surface area (Å²) in [6.45, 7) is 8.76. The molecule has 0 saturated carbocycles. The van der Waals surface area contributed by atoms with Crippen molar-refractivity contribution in [2.24, 2.45) is 7.05 Å². The minimum absolute atomic E-state index is 0.0757. The highest BCUT2D eigenvalue weighted by atomic mass is 17.3. The van der Waals surface area contributed by atoms with Crippen LogP contribution in [0.4, 0.5) is 0 Å². The minimum atomic E-state index is -0.0757. The van der Waals surface area contributed by atoms with Crippen LogP contribution < -0.4 is 9.45 Å². The molecule has 4 rings (SSSR count). The minimum Gasteiger partial charge on any atom is -0.422 e. The van der Waals surface area contributed by atoms with E-state index in [0.29, 0.717) is 5.75 Å². The molecule has 0 radical (unpaired) electrons. The van der Waals surface area contributed by atoms with E-state index >= 15 is 0 Å². The van der Waals surface area contributed by atoms with Crippen molar-refractivity contribution < 1.29 is 18.9 Å². The predicted molar refractivity (Wildman–Crippen MR) is 102 cm³/mol. The molecule has 0 amide bonds. The molecule has 6 heteroatoms. The average Bonchev–Trinajstić information content (AvgIpc) is 3.18. The third-order valence-corrected chi connectivity index (χ3v) is 5.39. The number of hydroxylamine groups is 2. The molecule has 3 heterocycles. The van der Waals surface area contributed by atoms with Gasteiger partial charge in [-0.1, -0.05) is 4.99 Å². The molecular formula is C21H28N3O3+. The number of aromatic nitrogens is 2. The van der Waals surface area contributed by atoms with Crippen molar-refractivity contribution in [3.63, 3.8) is 0 Å². The van der Waals surface area contributed by atoms with Crippen LogP contribution in [0.5, 0.6) is 5.75 Å². The van der Waals surface area contributed by atoms with Gasteiger partial charge < -0.3 is 9.30 Å². The molecule has 1 fully saturated rings. The van der Waals surface area contributed by atoms with E-state index < -0.39 is 0 Å². The van der Waals surface area contributed by atoms with Crippen LogP contribution in [-0.2, 0) is 12.0 Å². The highest BCUT2D eigenvalue weighted by Gasteiger charge is 2.43. The summed E-state index contributed by atoms with van der Waals surface area (Å²) < 4.78 is 9.89. The Balaban J connectivity index is 1.54. The third kappa shape index (κ3) is 3.47. The standard InChI is InChI=1S/C21H28N3O3/c1-20(2)9-6-10-21(3,4)24(20)27-26-17-8-7-16-13-19(25-18(16)14-17)23-12-11-22(5)15-23/h7-8,11-15H,6,9-10H2,1-5H3/q+1. The van der Waals surface area contributed by atoms with Crippen LogP contribution in [0.3, 0.4) is 0 Å². The van der Waals surface area contributed by atoms with Crippen molar-refractivity contribution in [3.05, 3.63) is 43.0 Å². The lowest BCUT2D eigenvalue weighted by atomic mass is 9.82. The largest absolute Gasteiger partial charge is 0.422 e. The molecule has 144 valence electrons. The molecule has 1 aromatic carbocycles. The monoisotopic (exact) mass is 370 g/mol. The number of aryl methyl sites for hydroxylation is 1. The summed E-state index contributed by atoms with van der Waals surface area (Å²) in [6.07, 6.45) is 9.23. The van der Waals surface area contributed by atoms with Crippen LogP contribution in [0.25, 0.3) is 16.9 Å². The first-order valence-electron chi connectivity index (χ1n) is 9.47. The highest BCUT2D eigenvalue weighted by molar-refractivity contribution is 5.80.